The van der Waals surface area contributed by atoms with Gasteiger partial charge in [0.25, 0.3) is 0 Å². The quantitative estimate of drug-likeness (QED) is 0.893. The third-order valence-corrected chi connectivity index (χ3v) is 2.76. The number of phenols is 1. The van der Waals surface area contributed by atoms with E-state index in [0.29, 0.717) is 6.42 Å². The van der Waals surface area contributed by atoms with Crippen molar-refractivity contribution in [1.82, 2.24) is 0 Å². The minimum absolute atomic E-state index is 0.103. The van der Waals surface area contributed by atoms with Crippen LogP contribution in [0.2, 0.25) is 0 Å². The van der Waals surface area contributed by atoms with E-state index < -0.39 is 17.7 Å². The number of benzene rings is 1. The molecule has 0 amide bonds. The predicted molar refractivity (Wildman–Crippen MR) is 56.4 cm³/mol. The first kappa shape index (κ1) is 12.0. The van der Waals surface area contributed by atoms with Gasteiger partial charge in [-0.3, -0.25) is 4.79 Å². The van der Waals surface area contributed by atoms with Crippen molar-refractivity contribution in [1.29, 1.82) is 0 Å². The number of hydrogen-bond acceptors (Lipinski definition) is 2. The molecule has 0 fully saturated rings. The number of aliphatic carboxylic acids is 1. The Kier molecular flexibility index (Phi) is 3.68. The highest BCUT2D eigenvalue weighted by Crippen LogP contribution is 2.32. The Morgan fingerprint density at radius 1 is 1.60 bits per heavy atom. The van der Waals surface area contributed by atoms with E-state index >= 15 is 0 Å². The number of carboxylic acids is 1. The zero-order chi connectivity index (χ0) is 11.6. The summed E-state index contributed by atoms with van der Waals surface area (Å²) in [6, 6.07) is 2.21. The maximum Gasteiger partial charge on any atom is 0.311 e. The molecule has 0 bridgehead atoms. The lowest BCUT2D eigenvalue weighted by molar-refractivity contribution is -0.138. The summed E-state index contributed by atoms with van der Waals surface area (Å²) in [5, 5.41) is 18.4. The molecule has 15 heavy (non-hydrogen) atoms. The van der Waals surface area contributed by atoms with E-state index in [1.165, 1.54) is 0 Å². The molecule has 5 heteroatoms. The number of phenolic OH excluding ortho intramolecular Hbond substituents is 1. The molecule has 0 aromatic heterocycles. The molecule has 1 rings (SSSR count). The molecular formula is C10H10BrFO3. The van der Waals surface area contributed by atoms with Crippen LogP contribution in [0.15, 0.2) is 16.6 Å². The first-order valence-electron chi connectivity index (χ1n) is 4.38. The second-order valence-electron chi connectivity index (χ2n) is 3.12. The first-order chi connectivity index (χ1) is 6.97. The molecule has 1 unspecified atom stereocenters. The number of carbonyl (C=O) groups is 1. The Balaban J connectivity index is 3.24. The van der Waals surface area contributed by atoms with Gasteiger partial charge >= 0.3 is 5.97 Å². The van der Waals surface area contributed by atoms with E-state index in [2.05, 4.69) is 15.9 Å². The number of halogens is 2. The van der Waals surface area contributed by atoms with Crippen molar-refractivity contribution in [3.8, 4) is 5.75 Å². The number of rotatable bonds is 3. The summed E-state index contributed by atoms with van der Waals surface area (Å²) in [4.78, 5) is 10.8. The van der Waals surface area contributed by atoms with E-state index in [0.717, 1.165) is 12.1 Å². The lowest BCUT2D eigenvalue weighted by Gasteiger charge is -2.12. The zero-order valence-corrected chi connectivity index (χ0v) is 9.58. The smallest absolute Gasteiger partial charge is 0.311 e. The SMILES string of the molecule is CCC(C(=O)O)c1cc(F)c(Br)cc1O. The van der Waals surface area contributed by atoms with E-state index in [1.807, 2.05) is 0 Å². The second kappa shape index (κ2) is 4.61. The van der Waals surface area contributed by atoms with E-state index in [4.69, 9.17) is 5.11 Å². The van der Waals surface area contributed by atoms with Crippen LogP contribution in [0.3, 0.4) is 0 Å². The highest BCUT2D eigenvalue weighted by molar-refractivity contribution is 9.10. The van der Waals surface area contributed by atoms with Crippen molar-refractivity contribution in [2.45, 2.75) is 19.3 Å². The summed E-state index contributed by atoms with van der Waals surface area (Å²) < 4.78 is 13.3. The van der Waals surface area contributed by atoms with Gasteiger partial charge in [-0.1, -0.05) is 6.92 Å². The summed E-state index contributed by atoms with van der Waals surface area (Å²) in [6.07, 6.45) is 0.296. The Morgan fingerprint density at radius 2 is 2.20 bits per heavy atom. The van der Waals surface area contributed by atoms with Gasteiger partial charge < -0.3 is 10.2 Å². The molecule has 0 saturated carbocycles. The lowest BCUT2D eigenvalue weighted by atomic mass is 9.96. The summed E-state index contributed by atoms with van der Waals surface area (Å²) >= 11 is 2.91. The Morgan fingerprint density at radius 3 is 2.67 bits per heavy atom. The lowest BCUT2D eigenvalue weighted by Crippen LogP contribution is -2.11. The van der Waals surface area contributed by atoms with Gasteiger partial charge in [-0.15, -0.1) is 0 Å². The molecule has 0 saturated heterocycles. The molecule has 0 aliphatic heterocycles. The first-order valence-corrected chi connectivity index (χ1v) is 5.17. The molecule has 0 heterocycles. The Hall–Kier alpha value is -1.10. The van der Waals surface area contributed by atoms with Crippen molar-refractivity contribution in [3.63, 3.8) is 0 Å². The molecule has 3 nitrogen and oxygen atoms in total. The largest absolute Gasteiger partial charge is 0.508 e. The summed E-state index contributed by atoms with van der Waals surface area (Å²) in [5.41, 5.74) is 0.103. The molecule has 0 aliphatic rings. The van der Waals surface area contributed by atoms with Crippen LogP contribution < -0.4 is 0 Å². The van der Waals surface area contributed by atoms with Crippen LogP contribution in [0.1, 0.15) is 24.8 Å². The monoisotopic (exact) mass is 276 g/mol. The van der Waals surface area contributed by atoms with Gasteiger partial charge in [-0.25, -0.2) is 4.39 Å². The van der Waals surface area contributed by atoms with Crippen LogP contribution >= 0.6 is 15.9 Å². The second-order valence-corrected chi connectivity index (χ2v) is 3.98. The van der Waals surface area contributed by atoms with Gasteiger partial charge in [0.05, 0.1) is 10.4 Å². The number of aromatic hydroxyl groups is 1. The topological polar surface area (TPSA) is 57.5 Å². The van der Waals surface area contributed by atoms with Gasteiger partial charge in [-0.2, -0.15) is 0 Å². The van der Waals surface area contributed by atoms with Crippen molar-refractivity contribution >= 4 is 21.9 Å². The standard InChI is InChI=1S/C10H10BrFO3/c1-2-5(10(14)15)6-3-8(12)7(11)4-9(6)13/h3-5,13H,2H2,1H3,(H,14,15). The highest BCUT2D eigenvalue weighted by Gasteiger charge is 2.22. The zero-order valence-electron chi connectivity index (χ0n) is 8.00. The normalized spacial score (nSPS) is 12.5. The minimum Gasteiger partial charge on any atom is -0.508 e. The number of carboxylic acid groups (broad SMARTS) is 1. The van der Waals surface area contributed by atoms with Gasteiger partial charge in [0, 0.05) is 5.56 Å². The van der Waals surface area contributed by atoms with Gasteiger partial charge in [-0.05, 0) is 34.5 Å². The minimum atomic E-state index is -1.07. The fourth-order valence-corrected chi connectivity index (χ4v) is 1.69. The van der Waals surface area contributed by atoms with Crippen LogP contribution in [0.25, 0.3) is 0 Å². The molecule has 2 N–H and O–H groups in total. The van der Waals surface area contributed by atoms with Crippen molar-refractivity contribution in [2.24, 2.45) is 0 Å². The van der Waals surface area contributed by atoms with Crippen LogP contribution in [0, 0.1) is 5.82 Å². The fraction of sp³-hybridized carbons (Fsp3) is 0.300. The van der Waals surface area contributed by atoms with Crippen LogP contribution in [-0.4, -0.2) is 16.2 Å². The van der Waals surface area contributed by atoms with Crippen LogP contribution in [-0.2, 0) is 4.79 Å². The maximum absolute atomic E-state index is 13.2. The van der Waals surface area contributed by atoms with Gasteiger partial charge in [0.2, 0.25) is 0 Å². The summed E-state index contributed by atoms with van der Waals surface area (Å²) in [7, 11) is 0. The fourth-order valence-electron chi connectivity index (χ4n) is 1.36. The third-order valence-electron chi connectivity index (χ3n) is 2.15. The average Bonchev–Trinajstić information content (AvgIpc) is 2.14. The summed E-state index contributed by atoms with van der Waals surface area (Å²) in [6.45, 7) is 1.66. The molecule has 0 aliphatic carbocycles. The average molecular weight is 277 g/mol. The van der Waals surface area contributed by atoms with E-state index in [1.54, 1.807) is 6.92 Å². The van der Waals surface area contributed by atoms with Crippen molar-refractivity contribution in [3.05, 3.63) is 28.0 Å². The molecule has 1 atom stereocenters. The van der Waals surface area contributed by atoms with E-state index in [-0.39, 0.29) is 15.8 Å². The van der Waals surface area contributed by atoms with Gasteiger partial charge in [0.1, 0.15) is 11.6 Å². The molecule has 82 valence electrons. The number of hydrogen-bond donors (Lipinski definition) is 2. The van der Waals surface area contributed by atoms with Crippen LogP contribution in [0.4, 0.5) is 4.39 Å². The van der Waals surface area contributed by atoms with Crippen molar-refractivity contribution in [2.75, 3.05) is 0 Å². The third kappa shape index (κ3) is 2.47. The summed E-state index contributed by atoms with van der Waals surface area (Å²) in [5.74, 6) is -2.75. The van der Waals surface area contributed by atoms with Crippen LogP contribution in [0.5, 0.6) is 5.75 Å². The Bertz CT molecular complexity index is 392. The van der Waals surface area contributed by atoms with E-state index in [9.17, 15) is 14.3 Å². The molecular weight excluding hydrogens is 267 g/mol. The van der Waals surface area contributed by atoms with Gasteiger partial charge in [0.15, 0.2) is 0 Å². The van der Waals surface area contributed by atoms with Crippen molar-refractivity contribution < 1.29 is 19.4 Å². The molecule has 0 spiro atoms. The molecule has 1 aromatic rings. The molecule has 1 aromatic carbocycles. The maximum atomic E-state index is 13.2. The highest BCUT2D eigenvalue weighted by atomic mass is 79.9. The Labute approximate surface area is 94.7 Å². The predicted octanol–water partition coefficient (Wildman–Crippen LogP) is 2.87. The molecule has 0 radical (unpaired) electrons.